The van der Waals surface area contributed by atoms with Gasteiger partial charge in [0.2, 0.25) is 5.89 Å². The number of nitrogens with one attached hydrogen (secondary N) is 2. The predicted molar refractivity (Wildman–Crippen MR) is 148 cm³/mol. The number of rotatable bonds is 7. The van der Waals surface area contributed by atoms with Gasteiger partial charge in [0.05, 0.1) is 12.2 Å². The first-order valence-corrected chi connectivity index (χ1v) is 11.9. The molecule has 1 fully saturated rings. The van der Waals surface area contributed by atoms with Crippen molar-refractivity contribution >= 4 is 29.9 Å². The first-order chi connectivity index (χ1) is 15.2. The minimum Gasteiger partial charge on any atom is -0.444 e. The molecule has 0 atom stereocenters. The Balaban J connectivity index is 0.00000385. The van der Waals surface area contributed by atoms with Crippen LogP contribution >= 0.6 is 24.0 Å². The van der Waals surface area contributed by atoms with Crippen LogP contribution in [0, 0.1) is 19.8 Å². The van der Waals surface area contributed by atoms with Crippen molar-refractivity contribution in [1.82, 2.24) is 20.5 Å². The van der Waals surface area contributed by atoms with Gasteiger partial charge in [-0.3, -0.25) is 9.89 Å². The number of benzene rings is 1. The molecule has 1 aromatic carbocycles. The van der Waals surface area contributed by atoms with Gasteiger partial charge in [0.25, 0.3) is 0 Å². The Morgan fingerprint density at radius 1 is 1.12 bits per heavy atom. The number of guanidine groups is 1. The lowest BCUT2D eigenvalue weighted by molar-refractivity contribution is 0.164. The third kappa shape index (κ3) is 8.59. The van der Waals surface area contributed by atoms with Gasteiger partial charge in [-0.15, -0.1) is 24.0 Å². The normalized spacial score (nSPS) is 15.9. The van der Waals surface area contributed by atoms with Crippen molar-refractivity contribution in [3.63, 3.8) is 0 Å². The van der Waals surface area contributed by atoms with Crippen molar-refractivity contribution < 1.29 is 4.42 Å². The Kier molecular flexibility index (Phi) is 10.7. The Morgan fingerprint density at radius 2 is 1.79 bits per heavy atom. The molecule has 0 spiro atoms. The summed E-state index contributed by atoms with van der Waals surface area (Å²) in [5.41, 5.74) is 3.93. The Bertz CT molecular complexity index is 858. The SMILES string of the molecule is CN=C(NCCc1ccc(C(C)(C)C)cc1)NCC1CCN(Cc2nc(C)c(C)o2)CC1.I. The number of hydrogen-bond donors (Lipinski definition) is 2. The summed E-state index contributed by atoms with van der Waals surface area (Å²) >= 11 is 0. The van der Waals surface area contributed by atoms with E-state index < -0.39 is 0 Å². The summed E-state index contributed by atoms with van der Waals surface area (Å²) in [5, 5.41) is 6.98. The van der Waals surface area contributed by atoms with E-state index in [1.807, 2.05) is 20.9 Å². The summed E-state index contributed by atoms with van der Waals surface area (Å²) in [6.45, 7) is 15.6. The molecule has 3 rings (SSSR count). The Hall–Kier alpha value is -1.61. The zero-order valence-corrected chi connectivity index (χ0v) is 23.5. The number of aliphatic imine (C=N–C) groups is 1. The minimum absolute atomic E-state index is 0. The van der Waals surface area contributed by atoms with Gasteiger partial charge < -0.3 is 15.1 Å². The van der Waals surface area contributed by atoms with Crippen LogP contribution in [0.2, 0.25) is 0 Å². The fourth-order valence-electron chi connectivity index (χ4n) is 4.11. The smallest absolute Gasteiger partial charge is 0.208 e. The van der Waals surface area contributed by atoms with Crippen LogP contribution in [-0.2, 0) is 18.4 Å². The van der Waals surface area contributed by atoms with Gasteiger partial charge in [-0.05, 0) is 68.7 Å². The number of halogens is 1. The van der Waals surface area contributed by atoms with Crippen molar-refractivity contribution in [3.05, 3.63) is 52.7 Å². The van der Waals surface area contributed by atoms with Crippen molar-refractivity contribution in [2.24, 2.45) is 10.9 Å². The molecular formula is C26H42IN5O. The molecule has 1 saturated heterocycles. The topological polar surface area (TPSA) is 65.7 Å². The highest BCUT2D eigenvalue weighted by Crippen LogP contribution is 2.22. The molecule has 0 aliphatic carbocycles. The molecule has 1 aliphatic rings. The van der Waals surface area contributed by atoms with Gasteiger partial charge >= 0.3 is 0 Å². The van der Waals surface area contributed by atoms with Gasteiger partial charge in [0.15, 0.2) is 5.96 Å². The molecule has 0 unspecified atom stereocenters. The highest BCUT2D eigenvalue weighted by Gasteiger charge is 2.21. The zero-order chi connectivity index (χ0) is 23.1. The van der Waals surface area contributed by atoms with Crippen LogP contribution in [-0.4, -0.2) is 49.1 Å². The molecule has 6 nitrogen and oxygen atoms in total. The molecule has 1 aliphatic heterocycles. The van der Waals surface area contributed by atoms with Gasteiger partial charge in [-0.1, -0.05) is 45.0 Å². The number of likely N-dealkylation sites (tertiary alicyclic amines) is 1. The van der Waals surface area contributed by atoms with Crippen LogP contribution < -0.4 is 10.6 Å². The Labute approximate surface area is 217 Å². The van der Waals surface area contributed by atoms with E-state index in [-0.39, 0.29) is 29.4 Å². The molecule has 33 heavy (non-hydrogen) atoms. The summed E-state index contributed by atoms with van der Waals surface area (Å²) < 4.78 is 5.74. The van der Waals surface area contributed by atoms with Crippen LogP contribution in [0.15, 0.2) is 33.7 Å². The highest BCUT2D eigenvalue weighted by molar-refractivity contribution is 14.0. The summed E-state index contributed by atoms with van der Waals surface area (Å²) in [7, 11) is 1.84. The van der Waals surface area contributed by atoms with E-state index in [9.17, 15) is 0 Å². The summed E-state index contributed by atoms with van der Waals surface area (Å²) in [6, 6.07) is 8.98. The molecule has 7 heteroatoms. The second kappa shape index (κ2) is 12.7. The summed E-state index contributed by atoms with van der Waals surface area (Å²) in [4.78, 5) is 11.4. The van der Waals surface area contributed by atoms with E-state index in [0.29, 0.717) is 5.92 Å². The average molecular weight is 568 g/mol. The van der Waals surface area contributed by atoms with Crippen molar-refractivity contribution in [3.8, 4) is 0 Å². The summed E-state index contributed by atoms with van der Waals surface area (Å²) in [6.07, 6.45) is 3.36. The average Bonchev–Trinajstić information content (AvgIpc) is 3.08. The second-order valence-corrected chi connectivity index (χ2v) is 10.0. The summed E-state index contributed by atoms with van der Waals surface area (Å²) in [5.74, 6) is 3.33. The predicted octanol–water partition coefficient (Wildman–Crippen LogP) is 4.83. The molecular weight excluding hydrogens is 525 g/mol. The Morgan fingerprint density at radius 3 is 2.33 bits per heavy atom. The minimum atomic E-state index is 0. The fraction of sp³-hybridized carbons (Fsp3) is 0.615. The molecule has 1 aromatic heterocycles. The zero-order valence-electron chi connectivity index (χ0n) is 21.2. The third-order valence-electron chi connectivity index (χ3n) is 6.45. The maximum absolute atomic E-state index is 5.74. The number of hydrogen-bond acceptors (Lipinski definition) is 4. The molecule has 0 radical (unpaired) electrons. The molecule has 0 amide bonds. The van der Waals surface area contributed by atoms with Gasteiger partial charge in [0.1, 0.15) is 5.76 Å². The fourth-order valence-corrected chi connectivity index (χ4v) is 4.11. The number of oxazole rings is 1. The molecule has 2 heterocycles. The number of nitrogens with zero attached hydrogens (tertiary/aromatic N) is 3. The first kappa shape index (κ1) is 27.6. The van der Waals surface area contributed by atoms with Crippen LogP contribution in [0.4, 0.5) is 0 Å². The number of piperidine rings is 1. The van der Waals surface area contributed by atoms with Crippen molar-refractivity contribution in [2.45, 2.75) is 65.8 Å². The van der Waals surface area contributed by atoms with Gasteiger partial charge in [-0.2, -0.15) is 0 Å². The van der Waals surface area contributed by atoms with E-state index >= 15 is 0 Å². The highest BCUT2D eigenvalue weighted by atomic mass is 127. The van der Waals surface area contributed by atoms with E-state index in [1.165, 1.54) is 24.0 Å². The third-order valence-corrected chi connectivity index (χ3v) is 6.45. The van der Waals surface area contributed by atoms with E-state index in [1.54, 1.807) is 0 Å². The second-order valence-electron chi connectivity index (χ2n) is 10.0. The largest absolute Gasteiger partial charge is 0.444 e. The van der Waals surface area contributed by atoms with Crippen LogP contribution in [0.1, 0.15) is 62.1 Å². The number of aryl methyl sites for hydroxylation is 2. The molecule has 2 N–H and O–H groups in total. The lowest BCUT2D eigenvalue weighted by atomic mass is 9.86. The number of aromatic nitrogens is 1. The quantitative estimate of drug-likeness (QED) is 0.285. The molecule has 0 bridgehead atoms. The molecule has 2 aromatic rings. The molecule has 0 saturated carbocycles. The van der Waals surface area contributed by atoms with Crippen LogP contribution in [0.25, 0.3) is 0 Å². The maximum Gasteiger partial charge on any atom is 0.208 e. The van der Waals surface area contributed by atoms with Crippen LogP contribution in [0.3, 0.4) is 0 Å². The van der Waals surface area contributed by atoms with E-state index in [4.69, 9.17) is 4.42 Å². The van der Waals surface area contributed by atoms with Crippen molar-refractivity contribution in [2.75, 3.05) is 33.2 Å². The van der Waals surface area contributed by atoms with Crippen molar-refractivity contribution in [1.29, 1.82) is 0 Å². The first-order valence-electron chi connectivity index (χ1n) is 11.9. The monoisotopic (exact) mass is 567 g/mol. The maximum atomic E-state index is 5.74. The van der Waals surface area contributed by atoms with Gasteiger partial charge in [0, 0.05) is 20.1 Å². The lowest BCUT2D eigenvalue weighted by Crippen LogP contribution is -2.43. The van der Waals surface area contributed by atoms with Gasteiger partial charge in [-0.25, -0.2) is 4.98 Å². The standard InChI is InChI=1S/C26H41N5O.HI/c1-19-20(2)32-24(30-19)18-31-15-12-22(13-16-31)17-29-25(27-6)28-14-11-21-7-9-23(10-8-21)26(3,4)5;/h7-10,22H,11-18H2,1-6H3,(H2,27,28,29);1H. The molecule has 184 valence electrons. The van der Waals surface area contributed by atoms with E-state index in [2.05, 4.69) is 70.5 Å². The van der Waals surface area contributed by atoms with E-state index in [0.717, 1.165) is 62.4 Å². The lowest BCUT2D eigenvalue weighted by Gasteiger charge is -2.31. The van der Waals surface area contributed by atoms with Crippen LogP contribution in [0.5, 0.6) is 0 Å².